The fourth-order valence-electron chi connectivity index (χ4n) is 2.39. The lowest BCUT2D eigenvalue weighted by atomic mass is 10.2. The molecule has 2 N–H and O–H groups in total. The minimum Gasteiger partial charge on any atom is -0.493 e. The molecule has 0 aliphatic rings. The summed E-state index contributed by atoms with van der Waals surface area (Å²) in [7, 11) is 1.48. The Hall–Kier alpha value is -4.12. The summed E-state index contributed by atoms with van der Waals surface area (Å²) in [6.07, 6.45) is 2.59. The summed E-state index contributed by atoms with van der Waals surface area (Å²) >= 11 is 0. The van der Waals surface area contributed by atoms with Crippen LogP contribution in [0, 0.1) is 11.3 Å². The lowest BCUT2D eigenvalue weighted by Crippen LogP contribution is -2.20. The molecule has 0 unspecified atom stereocenters. The smallest absolute Gasteiger partial charge is 0.269 e. The second-order valence-electron chi connectivity index (χ2n) is 5.35. The number of amides is 1. The van der Waals surface area contributed by atoms with Crippen molar-refractivity contribution in [2.75, 3.05) is 7.11 Å². The largest absolute Gasteiger partial charge is 0.493 e. The number of hydrogen-bond acceptors (Lipinski definition) is 6. The van der Waals surface area contributed by atoms with Crippen molar-refractivity contribution in [3.05, 3.63) is 70.2 Å². The number of para-hydroxylation sites is 2. The summed E-state index contributed by atoms with van der Waals surface area (Å²) in [5.74, 6) is -0.291. The molecule has 0 aliphatic heterocycles. The molecule has 0 saturated heterocycles. The Kier molecular flexibility index (Phi) is 4.86. The van der Waals surface area contributed by atoms with E-state index < -0.39 is 17.0 Å². The standard InChI is InChI=1S/C19H14N4O4/c1-26-14-6-2-3-7-15(14)27-18-13(10-12(11-20)17(21)24)19(25)23-9-5-4-8-16(23)22-18/h2-10H,1H3,(H2,21,24)/b12-10+. The van der Waals surface area contributed by atoms with Crippen LogP contribution in [-0.4, -0.2) is 22.4 Å². The summed E-state index contributed by atoms with van der Waals surface area (Å²) < 4.78 is 12.3. The highest BCUT2D eigenvalue weighted by Gasteiger charge is 2.17. The maximum Gasteiger partial charge on any atom is 0.269 e. The summed E-state index contributed by atoms with van der Waals surface area (Å²) in [6, 6.07) is 13.5. The van der Waals surface area contributed by atoms with Crippen molar-refractivity contribution in [2.45, 2.75) is 0 Å². The van der Waals surface area contributed by atoms with Gasteiger partial charge in [-0.15, -0.1) is 0 Å². The molecule has 2 aromatic heterocycles. The highest BCUT2D eigenvalue weighted by atomic mass is 16.5. The number of pyridine rings is 1. The fourth-order valence-corrected chi connectivity index (χ4v) is 2.39. The van der Waals surface area contributed by atoms with Crippen molar-refractivity contribution >= 4 is 17.6 Å². The average Bonchev–Trinajstić information content (AvgIpc) is 2.68. The monoisotopic (exact) mass is 362 g/mol. The van der Waals surface area contributed by atoms with Crippen LogP contribution in [0.25, 0.3) is 11.7 Å². The third-order valence-electron chi connectivity index (χ3n) is 3.68. The van der Waals surface area contributed by atoms with E-state index in [2.05, 4.69) is 4.98 Å². The van der Waals surface area contributed by atoms with Gasteiger partial charge in [0.05, 0.1) is 7.11 Å². The molecule has 3 aromatic rings. The lowest BCUT2D eigenvalue weighted by molar-refractivity contribution is -0.114. The van der Waals surface area contributed by atoms with Crippen LogP contribution in [0.3, 0.4) is 0 Å². The molecule has 27 heavy (non-hydrogen) atoms. The molecule has 3 rings (SSSR count). The van der Waals surface area contributed by atoms with Crippen LogP contribution >= 0.6 is 0 Å². The number of fused-ring (bicyclic) bond motifs is 1. The first-order chi connectivity index (χ1) is 13.0. The van der Waals surface area contributed by atoms with Gasteiger partial charge in [-0.3, -0.25) is 14.0 Å². The number of primary amides is 1. The SMILES string of the molecule is COc1ccccc1Oc1nc2ccccn2c(=O)c1/C=C(\C#N)C(N)=O. The number of benzene rings is 1. The van der Waals surface area contributed by atoms with Crippen molar-refractivity contribution in [3.8, 4) is 23.4 Å². The minimum atomic E-state index is -0.960. The Morgan fingerprint density at radius 2 is 1.93 bits per heavy atom. The number of aromatic nitrogens is 2. The summed E-state index contributed by atoms with van der Waals surface area (Å²) in [5.41, 5.74) is 4.53. The molecule has 134 valence electrons. The van der Waals surface area contributed by atoms with E-state index in [0.717, 1.165) is 6.08 Å². The molecule has 2 heterocycles. The van der Waals surface area contributed by atoms with Crippen LogP contribution in [0.5, 0.6) is 17.4 Å². The van der Waals surface area contributed by atoms with Gasteiger partial charge in [-0.1, -0.05) is 18.2 Å². The third kappa shape index (κ3) is 3.48. The van der Waals surface area contributed by atoms with Crippen molar-refractivity contribution in [1.82, 2.24) is 9.38 Å². The molecule has 8 heteroatoms. The number of carbonyl (C=O) groups excluding carboxylic acids is 1. The molecular formula is C19H14N4O4. The van der Waals surface area contributed by atoms with E-state index in [1.165, 1.54) is 17.7 Å². The zero-order valence-corrected chi connectivity index (χ0v) is 14.2. The van der Waals surface area contributed by atoms with Gasteiger partial charge in [0, 0.05) is 6.20 Å². The number of ether oxygens (including phenoxy) is 2. The van der Waals surface area contributed by atoms with Crippen molar-refractivity contribution < 1.29 is 14.3 Å². The lowest BCUT2D eigenvalue weighted by Gasteiger charge is -2.12. The predicted octanol–water partition coefficient (Wildman–Crippen LogP) is 1.89. The second kappa shape index (κ2) is 7.41. The van der Waals surface area contributed by atoms with Gasteiger partial charge in [-0.05, 0) is 30.3 Å². The topological polar surface area (TPSA) is 120 Å². The molecule has 0 atom stereocenters. The van der Waals surface area contributed by atoms with Crippen LogP contribution in [0.2, 0.25) is 0 Å². The van der Waals surface area contributed by atoms with Crippen LogP contribution in [0.15, 0.2) is 59.0 Å². The van der Waals surface area contributed by atoms with Crippen molar-refractivity contribution in [3.63, 3.8) is 0 Å². The number of nitrogens with zero attached hydrogens (tertiary/aromatic N) is 3. The van der Waals surface area contributed by atoms with Gasteiger partial charge in [-0.2, -0.15) is 10.2 Å². The van der Waals surface area contributed by atoms with Gasteiger partial charge in [0.15, 0.2) is 11.5 Å². The summed E-state index contributed by atoms with van der Waals surface area (Å²) in [4.78, 5) is 28.6. The minimum absolute atomic E-state index is 0.0790. The molecule has 0 saturated carbocycles. The van der Waals surface area contributed by atoms with E-state index in [-0.39, 0.29) is 11.4 Å². The van der Waals surface area contributed by atoms with Gasteiger partial charge >= 0.3 is 0 Å². The predicted molar refractivity (Wildman–Crippen MR) is 97.3 cm³/mol. The molecule has 0 fully saturated rings. The zero-order chi connectivity index (χ0) is 19.4. The molecular weight excluding hydrogens is 348 g/mol. The Labute approximate surface area is 153 Å². The molecule has 0 bridgehead atoms. The summed E-state index contributed by atoms with van der Waals surface area (Å²) in [5, 5.41) is 9.12. The first-order valence-corrected chi connectivity index (χ1v) is 7.79. The van der Waals surface area contributed by atoms with Gasteiger partial charge < -0.3 is 15.2 Å². The maximum atomic E-state index is 12.9. The van der Waals surface area contributed by atoms with Crippen molar-refractivity contribution in [1.29, 1.82) is 5.26 Å². The second-order valence-corrected chi connectivity index (χ2v) is 5.35. The third-order valence-corrected chi connectivity index (χ3v) is 3.68. The first-order valence-electron chi connectivity index (χ1n) is 7.79. The molecule has 1 aromatic carbocycles. The van der Waals surface area contributed by atoms with E-state index in [0.29, 0.717) is 17.1 Å². The molecule has 1 amide bonds. The van der Waals surface area contributed by atoms with Gasteiger partial charge in [0.2, 0.25) is 5.88 Å². The molecule has 0 aliphatic carbocycles. The quantitative estimate of drug-likeness (QED) is 0.547. The van der Waals surface area contributed by atoms with Crippen LogP contribution in [0.4, 0.5) is 0 Å². The number of hydrogen-bond donors (Lipinski definition) is 1. The average molecular weight is 362 g/mol. The molecule has 8 nitrogen and oxygen atoms in total. The van der Waals surface area contributed by atoms with E-state index in [1.807, 2.05) is 0 Å². The van der Waals surface area contributed by atoms with E-state index >= 15 is 0 Å². The number of nitrogens with two attached hydrogens (primary N) is 1. The number of nitriles is 1. The van der Waals surface area contributed by atoms with Gasteiger partial charge in [-0.25, -0.2) is 0 Å². The Balaban J connectivity index is 2.27. The number of carbonyl (C=O) groups is 1. The van der Waals surface area contributed by atoms with Gasteiger partial charge in [0.25, 0.3) is 11.5 Å². The number of methoxy groups -OCH3 is 1. The summed E-state index contributed by atoms with van der Waals surface area (Å²) in [6.45, 7) is 0. The van der Waals surface area contributed by atoms with E-state index in [9.17, 15) is 9.59 Å². The number of rotatable bonds is 5. The Morgan fingerprint density at radius 1 is 1.22 bits per heavy atom. The Morgan fingerprint density at radius 3 is 2.59 bits per heavy atom. The Bertz CT molecular complexity index is 1160. The highest BCUT2D eigenvalue weighted by molar-refractivity contribution is 6.00. The van der Waals surface area contributed by atoms with Crippen LogP contribution in [-0.2, 0) is 4.79 Å². The molecule has 0 spiro atoms. The molecule has 0 radical (unpaired) electrons. The first kappa shape index (κ1) is 17.7. The zero-order valence-electron chi connectivity index (χ0n) is 14.2. The highest BCUT2D eigenvalue weighted by Crippen LogP contribution is 2.31. The fraction of sp³-hybridized carbons (Fsp3) is 0.0526. The maximum absolute atomic E-state index is 12.9. The van der Waals surface area contributed by atoms with Gasteiger partial charge in [0.1, 0.15) is 22.9 Å². The normalized spacial score (nSPS) is 11.0. The van der Waals surface area contributed by atoms with E-state index in [1.54, 1.807) is 48.5 Å². The van der Waals surface area contributed by atoms with Crippen LogP contribution in [0.1, 0.15) is 5.56 Å². The van der Waals surface area contributed by atoms with Crippen LogP contribution < -0.4 is 20.8 Å². The van der Waals surface area contributed by atoms with E-state index in [4.69, 9.17) is 20.5 Å². The van der Waals surface area contributed by atoms with Crippen molar-refractivity contribution in [2.24, 2.45) is 5.73 Å².